The molecule has 5 nitrogen and oxygen atoms in total. The number of rotatable bonds is 4. The second kappa shape index (κ2) is 7.08. The van der Waals surface area contributed by atoms with Crippen molar-refractivity contribution in [3.05, 3.63) is 46.7 Å². The third-order valence-electron chi connectivity index (χ3n) is 5.49. The Hall–Kier alpha value is -2.21. The van der Waals surface area contributed by atoms with Crippen LogP contribution in [0.5, 0.6) is 11.6 Å². The number of ether oxygens (including phenoxy) is 2. The zero-order valence-corrected chi connectivity index (χ0v) is 16.3. The summed E-state index contributed by atoms with van der Waals surface area (Å²) in [7, 11) is 0. The first-order chi connectivity index (χ1) is 12.9. The molecule has 0 saturated carbocycles. The van der Waals surface area contributed by atoms with Gasteiger partial charge >= 0.3 is 0 Å². The van der Waals surface area contributed by atoms with Gasteiger partial charge < -0.3 is 9.47 Å². The number of hydrogen-bond donors (Lipinski definition) is 0. The number of halogens is 1. The fourth-order valence-electron chi connectivity index (χ4n) is 4.22. The van der Waals surface area contributed by atoms with Crippen LogP contribution in [0.4, 0.5) is 4.39 Å². The lowest BCUT2D eigenvalue weighted by atomic mass is 10.1. The summed E-state index contributed by atoms with van der Waals surface area (Å²) in [6, 6.07) is 5.65. The molecule has 3 atom stereocenters. The van der Waals surface area contributed by atoms with E-state index in [1.54, 1.807) is 6.07 Å². The largest absolute Gasteiger partial charge is 0.489 e. The van der Waals surface area contributed by atoms with E-state index in [4.69, 9.17) is 9.47 Å². The van der Waals surface area contributed by atoms with Gasteiger partial charge in [0.05, 0.1) is 18.3 Å². The average Bonchev–Trinajstić information content (AvgIpc) is 3.18. The van der Waals surface area contributed by atoms with Crippen molar-refractivity contribution in [1.82, 2.24) is 14.9 Å². The summed E-state index contributed by atoms with van der Waals surface area (Å²) in [5, 5.41) is 0. The number of pyridine rings is 2. The van der Waals surface area contributed by atoms with Crippen LogP contribution in [0.15, 0.2) is 18.2 Å². The Morgan fingerprint density at radius 2 is 1.96 bits per heavy atom. The van der Waals surface area contributed by atoms with Gasteiger partial charge in [-0.25, -0.2) is 9.37 Å². The van der Waals surface area contributed by atoms with E-state index in [1.165, 1.54) is 0 Å². The molecule has 0 unspecified atom stereocenters. The molecule has 2 aliphatic rings. The first-order valence-corrected chi connectivity index (χ1v) is 9.60. The minimum absolute atomic E-state index is 0.0670. The highest BCUT2D eigenvalue weighted by atomic mass is 19.1. The predicted molar refractivity (Wildman–Crippen MR) is 101 cm³/mol. The van der Waals surface area contributed by atoms with Gasteiger partial charge in [0.2, 0.25) is 5.88 Å². The zero-order chi connectivity index (χ0) is 19.1. The van der Waals surface area contributed by atoms with Gasteiger partial charge in [-0.15, -0.1) is 0 Å². The summed E-state index contributed by atoms with van der Waals surface area (Å²) in [5.74, 6) is 1.19. The number of aromatic nitrogens is 2. The van der Waals surface area contributed by atoms with Crippen LogP contribution in [0.1, 0.15) is 49.0 Å². The fraction of sp³-hybridized carbons (Fsp3) is 0.524. The Balaban J connectivity index is 1.50. The van der Waals surface area contributed by atoms with Crippen molar-refractivity contribution < 1.29 is 13.9 Å². The summed E-state index contributed by atoms with van der Waals surface area (Å²) in [6.07, 6.45) is 1.69. The molecule has 27 heavy (non-hydrogen) atoms. The highest BCUT2D eigenvalue weighted by Crippen LogP contribution is 2.34. The molecule has 0 amide bonds. The van der Waals surface area contributed by atoms with E-state index in [1.807, 2.05) is 32.9 Å². The molecule has 2 aromatic rings. The van der Waals surface area contributed by atoms with Crippen LogP contribution in [0.3, 0.4) is 0 Å². The maximum Gasteiger partial charge on any atom is 0.217 e. The quantitative estimate of drug-likeness (QED) is 0.819. The molecule has 0 radical (unpaired) electrons. The minimum atomic E-state index is -0.247. The lowest BCUT2D eigenvalue weighted by molar-refractivity contribution is 0.165. The Bertz CT molecular complexity index is 837. The van der Waals surface area contributed by atoms with Gasteiger partial charge in [-0.1, -0.05) is 0 Å². The van der Waals surface area contributed by atoms with Gasteiger partial charge in [0.15, 0.2) is 0 Å². The van der Waals surface area contributed by atoms with Gasteiger partial charge in [-0.05, 0) is 33.8 Å². The fourth-order valence-corrected chi connectivity index (χ4v) is 4.22. The van der Waals surface area contributed by atoms with Crippen LogP contribution in [0, 0.1) is 19.7 Å². The first-order valence-electron chi connectivity index (χ1n) is 9.60. The molecule has 1 saturated heterocycles. The second-order valence-electron chi connectivity index (χ2n) is 7.70. The van der Waals surface area contributed by atoms with Crippen LogP contribution in [-0.4, -0.2) is 40.2 Å². The molecule has 2 aliphatic heterocycles. The molecule has 0 aromatic carbocycles. The van der Waals surface area contributed by atoms with E-state index in [2.05, 4.69) is 21.8 Å². The number of fused-ring (bicyclic) bond motifs is 1. The van der Waals surface area contributed by atoms with Crippen molar-refractivity contribution in [3.8, 4) is 11.6 Å². The number of likely N-dealkylation sites (tertiary alicyclic amines) is 1. The third kappa shape index (κ3) is 3.63. The zero-order valence-electron chi connectivity index (χ0n) is 16.3. The molecular weight excluding hydrogens is 345 g/mol. The molecular formula is C21H26FN3O2. The third-order valence-corrected chi connectivity index (χ3v) is 5.49. The maximum absolute atomic E-state index is 14.6. The van der Waals surface area contributed by atoms with Crippen LogP contribution in [0.25, 0.3) is 0 Å². The Morgan fingerprint density at radius 1 is 1.22 bits per heavy atom. The molecule has 0 spiro atoms. The van der Waals surface area contributed by atoms with Gasteiger partial charge in [0.1, 0.15) is 17.7 Å². The van der Waals surface area contributed by atoms with Crippen molar-refractivity contribution in [2.24, 2.45) is 0 Å². The molecule has 2 aromatic heterocycles. The molecule has 144 valence electrons. The Morgan fingerprint density at radius 3 is 2.70 bits per heavy atom. The highest BCUT2D eigenvalue weighted by molar-refractivity contribution is 5.33. The lowest BCUT2D eigenvalue weighted by Crippen LogP contribution is -2.32. The summed E-state index contributed by atoms with van der Waals surface area (Å²) < 4.78 is 26.4. The predicted octanol–water partition coefficient (Wildman–Crippen LogP) is 3.77. The van der Waals surface area contributed by atoms with E-state index in [0.717, 1.165) is 42.1 Å². The molecule has 1 fully saturated rings. The number of hydrogen-bond acceptors (Lipinski definition) is 5. The minimum Gasteiger partial charge on any atom is -0.489 e. The van der Waals surface area contributed by atoms with Crippen molar-refractivity contribution in [2.45, 2.75) is 58.7 Å². The van der Waals surface area contributed by atoms with Gasteiger partial charge in [0, 0.05) is 54.5 Å². The average molecular weight is 371 g/mol. The maximum atomic E-state index is 14.6. The number of aryl methyl sites for hydroxylation is 2. The van der Waals surface area contributed by atoms with Crippen LogP contribution < -0.4 is 9.47 Å². The van der Waals surface area contributed by atoms with Crippen molar-refractivity contribution in [2.75, 3.05) is 13.2 Å². The standard InChI is InChI=1S/C21H26FN3O2/c1-12-7-17(8-13(2)23-12)27-18-9-14(3)25(11-18)15(4)20-19(22)10-16-5-6-26-21(16)24-20/h7-8,10,14-15,18H,5-6,9,11H2,1-4H3/t14-,15-,18+/m0/s1. The van der Waals surface area contributed by atoms with Crippen molar-refractivity contribution >= 4 is 0 Å². The van der Waals surface area contributed by atoms with E-state index in [9.17, 15) is 4.39 Å². The molecule has 0 N–H and O–H groups in total. The number of nitrogens with zero attached hydrogens (tertiary/aromatic N) is 3. The van der Waals surface area contributed by atoms with Gasteiger partial charge in [0.25, 0.3) is 0 Å². The summed E-state index contributed by atoms with van der Waals surface area (Å²) in [5.41, 5.74) is 3.22. The van der Waals surface area contributed by atoms with E-state index < -0.39 is 0 Å². The van der Waals surface area contributed by atoms with Crippen LogP contribution in [0.2, 0.25) is 0 Å². The van der Waals surface area contributed by atoms with Gasteiger partial charge in [-0.3, -0.25) is 9.88 Å². The molecule has 0 aliphatic carbocycles. The van der Waals surface area contributed by atoms with E-state index in [-0.39, 0.29) is 24.0 Å². The van der Waals surface area contributed by atoms with Crippen molar-refractivity contribution in [3.63, 3.8) is 0 Å². The normalized spacial score (nSPS) is 23.1. The van der Waals surface area contributed by atoms with E-state index >= 15 is 0 Å². The van der Waals surface area contributed by atoms with Gasteiger partial charge in [-0.2, -0.15) is 0 Å². The van der Waals surface area contributed by atoms with E-state index in [0.29, 0.717) is 18.2 Å². The monoisotopic (exact) mass is 371 g/mol. The molecule has 6 heteroatoms. The Labute approximate surface area is 159 Å². The SMILES string of the molecule is Cc1cc(O[C@@H]2C[C@H](C)N([C@@H](C)c3nc4c(cc3F)CCO4)C2)cc(C)n1. The van der Waals surface area contributed by atoms with Crippen molar-refractivity contribution in [1.29, 1.82) is 0 Å². The topological polar surface area (TPSA) is 47.5 Å². The molecule has 4 heterocycles. The molecule has 4 rings (SSSR count). The van der Waals surface area contributed by atoms with Crippen LogP contribution >= 0.6 is 0 Å². The Kier molecular flexibility index (Phi) is 4.76. The smallest absolute Gasteiger partial charge is 0.217 e. The summed E-state index contributed by atoms with van der Waals surface area (Å²) >= 11 is 0. The molecule has 0 bridgehead atoms. The lowest BCUT2D eigenvalue weighted by Gasteiger charge is -2.28. The first kappa shape index (κ1) is 18.2. The highest BCUT2D eigenvalue weighted by Gasteiger charge is 2.36. The van der Waals surface area contributed by atoms with Crippen LogP contribution in [-0.2, 0) is 6.42 Å². The second-order valence-corrected chi connectivity index (χ2v) is 7.70. The summed E-state index contributed by atoms with van der Waals surface area (Å²) in [4.78, 5) is 11.1. The summed E-state index contributed by atoms with van der Waals surface area (Å²) in [6.45, 7) is 9.42.